The van der Waals surface area contributed by atoms with Crippen LogP contribution in [0, 0.1) is 11.7 Å². The average molecular weight is 577 g/mol. The normalized spacial score (nSPS) is 24.5. The quantitative estimate of drug-likeness (QED) is 0.345. The van der Waals surface area contributed by atoms with Crippen molar-refractivity contribution < 1.29 is 31.9 Å². The van der Waals surface area contributed by atoms with Gasteiger partial charge in [0.1, 0.15) is 5.82 Å². The molecule has 0 unspecified atom stereocenters. The number of esters is 1. The van der Waals surface area contributed by atoms with Gasteiger partial charge in [0.25, 0.3) is 0 Å². The maximum Gasteiger partial charge on any atom is 0.419 e. The number of anilines is 1. The van der Waals surface area contributed by atoms with E-state index in [1.54, 1.807) is 17.0 Å². The number of urea groups is 1. The van der Waals surface area contributed by atoms with Gasteiger partial charge in [-0.3, -0.25) is 0 Å². The zero-order valence-corrected chi connectivity index (χ0v) is 23.3. The molecule has 0 bridgehead atoms. The molecule has 2 aromatic carbocycles. The Morgan fingerprint density at radius 3 is 2.44 bits per heavy atom. The highest BCUT2D eigenvalue weighted by Gasteiger charge is 2.64. The Morgan fingerprint density at radius 2 is 1.80 bits per heavy atom. The molecule has 3 aliphatic rings. The Morgan fingerprint density at radius 1 is 1.10 bits per heavy atom. The van der Waals surface area contributed by atoms with E-state index >= 15 is 0 Å². The van der Waals surface area contributed by atoms with E-state index in [9.17, 15) is 27.2 Å². The zero-order valence-electron chi connectivity index (χ0n) is 23.3. The van der Waals surface area contributed by atoms with E-state index in [-0.39, 0.29) is 23.1 Å². The van der Waals surface area contributed by atoms with Crippen molar-refractivity contribution in [2.24, 2.45) is 5.92 Å². The van der Waals surface area contributed by atoms with Gasteiger partial charge in [-0.15, -0.1) is 0 Å². The highest BCUT2D eigenvalue weighted by atomic mass is 19.4. The second kappa shape index (κ2) is 11.6. The number of methoxy groups -OCH3 is 1. The third kappa shape index (κ3) is 6.21. The number of likely N-dealkylation sites (N-methyl/N-ethyl adjacent to an activating group) is 1. The van der Waals surface area contributed by atoms with Gasteiger partial charge in [-0.25, -0.2) is 14.0 Å². The van der Waals surface area contributed by atoms with E-state index in [0.717, 1.165) is 76.1 Å². The van der Waals surface area contributed by atoms with Crippen molar-refractivity contribution >= 4 is 17.7 Å². The van der Waals surface area contributed by atoms with Crippen molar-refractivity contribution in [2.75, 3.05) is 58.7 Å². The fraction of sp³-hybridized carbons (Fsp3) is 0.533. The minimum Gasteiger partial charge on any atom is -0.465 e. The lowest BCUT2D eigenvalue weighted by Crippen LogP contribution is -2.47. The van der Waals surface area contributed by atoms with Gasteiger partial charge in [-0.1, -0.05) is 12.1 Å². The summed E-state index contributed by atoms with van der Waals surface area (Å²) >= 11 is 0. The summed E-state index contributed by atoms with van der Waals surface area (Å²) in [6.07, 6.45) is -1.60. The first-order valence-corrected chi connectivity index (χ1v) is 14.1. The molecular formula is C30H36F4N4O3. The fourth-order valence-electron chi connectivity index (χ4n) is 6.61. The zero-order chi connectivity index (χ0) is 29.4. The van der Waals surface area contributed by atoms with Gasteiger partial charge in [0, 0.05) is 49.9 Å². The molecule has 1 N–H and O–H groups in total. The number of rotatable bonds is 8. The van der Waals surface area contributed by atoms with Gasteiger partial charge in [0.15, 0.2) is 0 Å². The molecule has 11 heteroatoms. The molecule has 2 amide bonds. The molecule has 1 saturated heterocycles. The van der Waals surface area contributed by atoms with Gasteiger partial charge in [0.05, 0.1) is 18.2 Å². The van der Waals surface area contributed by atoms with Gasteiger partial charge >= 0.3 is 18.2 Å². The first kappa shape index (κ1) is 29.3. The Bertz CT molecular complexity index is 1260. The maximum atomic E-state index is 13.8. The number of halogens is 4. The van der Waals surface area contributed by atoms with Crippen LogP contribution in [0.1, 0.15) is 47.2 Å². The molecular weight excluding hydrogens is 540 g/mol. The second-order valence-corrected chi connectivity index (χ2v) is 11.5. The number of piperazine rings is 1. The number of nitrogens with one attached hydrogen (secondary N) is 1. The van der Waals surface area contributed by atoms with E-state index in [4.69, 9.17) is 4.74 Å². The van der Waals surface area contributed by atoms with E-state index in [0.29, 0.717) is 18.2 Å². The predicted molar refractivity (Wildman–Crippen MR) is 146 cm³/mol. The topological polar surface area (TPSA) is 65.1 Å². The minimum absolute atomic E-state index is 0.0784. The Hall–Kier alpha value is -3.18. The number of amides is 2. The molecule has 0 aromatic heterocycles. The number of benzene rings is 2. The third-order valence-electron chi connectivity index (χ3n) is 9.02. The van der Waals surface area contributed by atoms with Gasteiger partial charge in [-0.05, 0) is 81.1 Å². The number of alkyl halides is 3. The predicted octanol–water partition coefficient (Wildman–Crippen LogP) is 5.22. The van der Waals surface area contributed by atoms with E-state index in [1.165, 1.54) is 7.11 Å². The van der Waals surface area contributed by atoms with Crippen LogP contribution in [0.4, 0.5) is 28.0 Å². The molecule has 5 rings (SSSR count). The Kier molecular flexibility index (Phi) is 8.29. The molecule has 7 nitrogen and oxygen atoms in total. The number of nitrogens with zero attached hydrogens (tertiary/aromatic N) is 3. The largest absolute Gasteiger partial charge is 0.465 e. The summed E-state index contributed by atoms with van der Waals surface area (Å²) in [6, 6.07) is 9.39. The molecule has 2 aliphatic carbocycles. The molecule has 3 fully saturated rings. The number of ether oxygens (including phenoxy) is 1. The van der Waals surface area contributed by atoms with Crippen LogP contribution in [-0.2, 0) is 16.3 Å². The summed E-state index contributed by atoms with van der Waals surface area (Å²) in [7, 11) is 3.43. The third-order valence-corrected chi connectivity index (χ3v) is 9.02. The SMILES string of the molecule is COC(=O)c1ccc([C@]23CC[C@@H](N(CCCN4CCN(C)CC4)C(=O)Nc4ccc(F)c(C(F)(F)F)c4)[C@H]2C3)cc1. The van der Waals surface area contributed by atoms with Gasteiger partial charge < -0.3 is 24.8 Å². The van der Waals surface area contributed by atoms with Gasteiger partial charge in [-0.2, -0.15) is 13.2 Å². The number of fused-ring (bicyclic) bond motifs is 1. The molecule has 0 radical (unpaired) electrons. The Balaban J connectivity index is 1.31. The van der Waals surface area contributed by atoms with Crippen LogP contribution in [0.5, 0.6) is 0 Å². The van der Waals surface area contributed by atoms with Gasteiger partial charge in [0.2, 0.25) is 0 Å². The van der Waals surface area contributed by atoms with Crippen molar-refractivity contribution in [1.29, 1.82) is 0 Å². The standard InChI is InChI=1S/C30H36F4N4O3/c1-36-14-16-37(17-15-36)12-3-13-38(28(40)35-22-8-9-25(31)23(18-22)30(32,33)34)26-10-11-29(19-24(26)29)21-6-4-20(5-7-21)27(39)41-2/h4-9,18,24,26H,3,10-17,19H2,1-2H3,(H,35,40)/t24-,26-,29-/m1/s1. The maximum absolute atomic E-state index is 13.8. The fourth-order valence-corrected chi connectivity index (χ4v) is 6.61. The summed E-state index contributed by atoms with van der Waals surface area (Å²) in [5, 5.41) is 2.62. The summed E-state index contributed by atoms with van der Waals surface area (Å²) in [5.74, 6) is -1.57. The number of carbonyl (C=O) groups is 2. The first-order chi connectivity index (χ1) is 19.5. The lowest BCUT2D eigenvalue weighted by Gasteiger charge is -2.34. The second-order valence-electron chi connectivity index (χ2n) is 11.5. The molecule has 3 atom stereocenters. The highest BCUT2D eigenvalue weighted by molar-refractivity contribution is 5.90. The van der Waals surface area contributed by atoms with Crippen molar-refractivity contribution in [2.45, 2.75) is 43.3 Å². The molecule has 1 aliphatic heterocycles. The van der Waals surface area contributed by atoms with Crippen molar-refractivity contribution in [3.05, 3.63) is 65.0 Å². The summed E-state index contributed by atoms with van der Waals surface area (Å²) in [6.45, 7) is 5.16. The monoisotopic (exact) mass is 576 g/mol. The number of carbonyl (C=O) groups excluding carboxylic acids is 2. The molecule has 0 spiro atoms. The molecule has 222 valence electrons. The van der Waals surface area contributed by atoms with E-state index in [2.05, 4.69) is 22.2 Å². The van der Waals surface area contributed by atoms with Crippen LogP contribution in [-0.4, -0.2) is 86.2 Å². The summed E-state index contributed by atoms with van der Waals surface area (Å²) < 4.78 is 58.5. The van der Waals surface area contributed by atoms with Crippen molar-refractivity contribution in [3.8, 4) is 0 Å². The molecule has 2 saturated carbocycles. The first-order valence-electron chi connectivity index (χ1n) is 14.1. The minimum atomic E-state index is -4.87. The highest BCUT2D eigenvalue weighted by Crippen LogP contribution is 2.65. The van der Waals surface area contributed by atoms with Crippen LogP contribution in [0.25, 0.3) is 0 Å². The molecule has 2 aromatic rings. The summed E-state index contributed by atoms with van der Waals surface area (Å²) in [4.78, 5) is 31.9. The molecule has 1 heterocycles. The van der Waals surface area contributed by atoms with E-state index < -0.39 is 29.6 Å². The Labute approximate surface area is 237 Å². The average Bonchev–Trinajstić information content (AvgIpc) is 3.58. The van der Waals surface area contributed by atoms with Crippen LogP contribution in [0.3, 0.4) is 0 Å². The van der Waals surface area contributed by atoms with Crippen molar-refractivity contribution in [1.82, 2.24) is 14.7 Å². The lowest BCUT2D eigenvalue weighted by atomic mass is 9.92. The smallest absolute Gasteiger partial charge is 0.419 e. The molecule has 41 heavy (non-hydrogen) atoms. The number of hydrogen-bond acceptors (Lipinski definition) is 5. The lowest BCUT2D eigenvalue weighted by molar-refractivity contribution is -0.139. The van der Waals surface area contributed by atoms with Crippen molar-refractivity contribution in [3.63, 3.8) is 0 Å². The summed E-state index contributed by atoms with van der Waals surface area (Å²) in [5.41, 5.74) is 0.000484. The van der Waals surface area contributed by atoms with Crippen LogP contribution < -0.4 is 5.32 Å². The van der Waals surface area contributed by atoms with Crippen LogP contribution in [0.15, 0.2) is 42.5 Å². The van der Waals surface area contributed by atoms with E-state index in [1.807, 2.05) is 12.1 Å². The van der Waals surface area contributed by atoms with Crippen LogP contribution >= 0.6 is 0 Å². The number of hydrogen-bond donors (Lipinski definition) is 1. The van der Waals surface area contributed by atoms with Crippen LogP contribution in [0.2, 0.25) is 0 Å².